The van der Waals surface area contributed by atoms with Crippen molar-refractivity contribution in [3.05, 3.63) is 12.2 Å². The summed E-state index contributed by atoms with van der Waals surface area (Å²) in [6, 6.07) is 0.510. The molecule has 0 spiro atoms. The fraction of sp³-hybridized carbons (Fsp3) is 0.765. The molecule has 2 fully saturated rings. The van der Waals surface area contributed by atoms with Crippen molar-refractivity contribution in [3.8, 4) is 0 Å². The Morgan fingerprint density at radius 1 is 1.14 bits per heavy atom. The van der Waals surface area contributed by atoms with Gasteiger partial charge >= 0.3 is 5.97 Å². The number of esters is 1. The van der Waals surface area contributed by atoms with Gasteiger partial charge in [0.2, 0.25) is 0 Å². The number of piperidine rings is 1. The summed E-state index contributed by atoms with van der Waals surface area (Å²) in [6.07, 6.45) is 9.57. The molecule has 0 aromatic carbocycles. The van der Waals surface area contributed by atoms with Gasteiger partial charge in [-0.15, -0.1) is 0 Å². The van der Waals surface area contributed by atoms with E-state index in [-0.39, 0.29) is 36.5 Å². The SMILES string of the molecule is C[C@@H]1CCC[C@H](C)N1C(=O)COC(=O)[C@@H]1C[C@H]2C=C[C@H]1C2. The molecule has 5 atom stereocenters. The lowest BCUT2D eigenvalue weighted by Gasteiger charge is -2.39. The van der Waals surface area contributed by atoms with Gasteiger partial charge in [0.1, 0.15) is 0 Å². The zero-order valence-corrected chi connectivity index (χ0v) is 13.0. The van der Waals surface area contributed by atoms with Crippen molar-refractivity contribution >= 4 is 11.9 Å². The minimum absolute atomic E-state index is 0.0241. The van der Waals surface area contributed by atoms with Gasteiger partial charge in [0.05, 0.1) is 5.92 Å². The fourth-order valence-corrected chi connectivity index (χ4v) is 4.28. The first-order chi connectivity index (χ1) is 10.1. The number of allylic oxidation sites excluding steroid dienone is 2. The Labute approximate surface area is 126 Å². The lowest BCUT2D eigenvalue weighted by atomic mass is 9.94. The lowest BCUT2D eigenvalue weighted by molar-refractivity contribution is -0.158. The van der Waals surface area contributed by atoms with E-state index in [2.05, 4.69) is 26.0 Å². The molecule has 2 bridgehead atoms. The highest BCUT2D eigenvalue weighted by Crippen LogP contribution is 2.43. The predicted octanol–water partition coefficient (Wildman–Crippen LogP) is 2.53. The summed E-state index contributed by atoms with van der Waals surface area (Å²) in [5.74, 6) is 0.638. The summed E-state index contributed by atoms with van der Waals surface area (Å²) in [4.78, 5) is 26.4. The van der Waals surface area contributed by atoms with Crippen LogP contribution in [0.5, 0.6) is 0 Å². The average Bonchev–Trinajstić information content (AvgIpc) is 3.07. The summed E-state index contributed by atoms with van der Waals surface area (Å²) in [5, 5.41) is 0. The molecule has 1 saturated carbocycles. The molecule has 4 heteroatoms. The summed E-state index contributed by atoms with van der Waals surface area (Å²) in [6.45, 7) is 4.07. The number of fused-ring (bicyclic) bond motifs is 2. The number of carbonyl (C=O) groups excluding carboxylic acids is 2. The summed E-state index contributed by atoms with van der Waals surface area (Å²) < 4.78 is 5.33. The zero-order valence-electron chi connectivity index (χ0n) is 13.0. The number of amides is 1. The van der Waals surface area contributed by atoms with Gasteiger partial charge in [-0.05, 0) is 57.8 Å². The van der Waals surface area contributed by atoms with Crippen molar-refractivity contribution in [1.29, 1.82) is 0 Å². The molecule has 0 aromatic heterocycles. The van der Waals surface area contributed by atoms with E-state index in [1.165, 1.54) is 6.42 Å². The van der Waals surface area contributed by atoms with Crippen LogP contribution in [0.4, 0.5) is 0 Å². The average molecular weight is 291 g/mol. The largest absolute Gasteiger partial charge is 0.455 e. The topological polar surface area (TPSA) is 46.6 Å². The maximum atomic E-state index is 12.3. The van der Waals surface area contributed by atoms with Crippen molar-refractivity contribution < 1.29 is 14.3 Å². The van der Waals surface area contributed by atoms with Gasteiger partial charge in [-0.2, -0.15) is 0 Å². The molecule has 4 nitrogen and oxygen atoms in total. The Morgan fingerprint density at radius 3 is 2.43 bits per heavy atom. The molecule has 0 N–H and O–H groups in total. The summed E-state index contributed by atoms with van der Waals surface area (Å²) in [7, 11) is 0. The van der Waals surface area contributed by atoms with Gasteiger partial charge < -0.3 is 9.64 Å². The molecule has 1 heterocycles. The second kappa shape index (κ2) is 5.82. The van der Waals surface area contributed by atoms with E-state index in [1.807, 2.05) is 4.90 Å². The van der Waals surface area contributed by atoms with Crippen LogP contribution < -0.4 is 0 Å². The van der Waals surface area contributed by atoms with Gasteiger partial charge in [0.15, 0.2) is 6.61 Å². The molecular formula is C17H25NO3. The van der Waals surface area contributed by atoms with Gasteiger partial charge in [-0.3, -0.25) is 9.59 Å². The first kappa shape index (κ1) is 14.6. The molecule has 1 amide bonds. The molecule has 21 heavy (non-hydrogen) atoms. The third kappa shape index (κ3) is 2.85. The van der Waals surface area contributed by atoms with Crippen LogP contribution in [0.3, 0.4) is 0 Å². The van der Waals surface area contributed by atoms with Gasteiger partial charge in [-0.1, -0.05) is 12.2 Å². The van der Waals surface area contributed by atoms with Crippen molar-refractivity contribution in [2.75, 3.05) is 6.61 Å². The van der Waals surface area contributed by atoms with Crippen LogP contribution in [0.25, 0.3) is 0 Å². The second-order valence-corrected chi connectivity index (χ2v) is 6.92. The van der Waals surface area contributed by atoms with Crippen molar-refractivity contribution in [3.63, 3.8) is 0 Å². The molecular weight excluding hydrogens is 266 g/mol. The number of ether oxygens (including phenoxy) is 1. The van der Waals surface area contributed by atoms with Crippen molar-refractivity contribution in [2.45, 2.75) is 58.0 Å². The quantitative estimate of drug-likeness (QED) is 0.593. The summed E-state index contributed by atoms with van der Waals surface area (Å²) in [5.41, 5.74) is 0. The smallest absolute Gasteiger partial charge is 0.310 e. The number of hydrogen-bond donors (Lipinski definition) is 0. The van der Waals surface area contributed by atoms with E-state index < -0.39 is 0 Å². The van der Waals surface area contributed by atoms with Crippen LogP contribution in [-0.2, 0) is 14.3 Å². The highest BCUT2D eigenvalue weighted by atomic mass is 16.5. The van der Waals surface area contributed by atoms with Crippen LogP contribution in [0.15, 0.2) is 12.2 Å². The Balaban J connectivity index is 1.51. The molecule has 2 aliphatic carbocycles. The number of hydrogen-bond acceptors (Lipinski definition) is 3. The van der Waals surface area contributed by atoms with E-state index in [0.717, 1.165) is 25.7 Å². The first-order valence-electron chi connectivity index (χ1n) is 8.22. The van der Waals surface area contributed by atoms with Gasteiger partial charge in [0.25, 0.3) is 5.91 Å². The molecule has 1 saturated heterocycles. The Hall–Kier alpha value is -1.32. The molecule has 116 valence electrons. The maximum absolute atomic E-state index is 12.3. The highest BCUT2D eigenvalue weighted by Gasteiger charge is 2.41. The number of nitrogens with zero attached hydrogens (tertiary/aromatic N) is 1. The second-order valence-electron chi connectivity index (χ2n) is 6.92. The molecule has 3 rings (SSSR count). The minimum Gasteiger partial charge on any atom is -0.455 e. The van der Waals surface area contributed by atoms with Crippen LogP contribution >= 0.6 is 0 Å². The molecule has 1 aliphatic heterocycles. The molecule has 0 radical (unpaired) electrons. The van der Waals surface area contributed by atoms with E-state index in [0.29, 0.717) is 11.8 Å². The van der Waals surface area contributed by atoms with E-state index in [4.69, 9.17) is 4.74 Å². The highest BCUT2D eigenvalue weighted by molar-refractivity contribution is 5.82. The van der Waals surface area contributed by atoms with Crippen LogP contribution in [0.2, 0.25) is 0 Å². The number of carbonyl (C=O) groups is 2. The number of likely N-dealkylation sites (tertiary alicyclic amines) is 1. The van der Waals surface area contributed by atoms with Crippen LogP contribution in [-0.4, -0.2) is 35.5 Å². The fourth-order valence-electron chi connectivity index (χ4n) is 4.28. The molecule has 0 aromatic rings. The third-order valence-electron chi connectivity index (χ3n) is 5.40. The standard InChI is InChI=1S/C17H25NO3/c1-11-4-3-5-12(2)18(11)16(19)10-21-17(20)15-9-13-6-7-14(15)8-13/h6-7,11-15H,3-5,8-10H2,1-2H3/t11-,12+,13-,14-,15+/m0/s1. The van der Waals surface area contributed by atoms with Crippen molar-refractivity contribution in [1.82, 2.24) is 4.90 Å². The van der Waals surface area contributed by atoms with E-state index in [9.17, 15) is 9.59 Å². The molecule has 3 aliphatic rings. The first-order valence-corrected chi connectivity index (χ1v) is 8.22. The number of rotatable bonds is 3. The zero-order chi connectivity index (χ0) is 15.0. The van der Waals surface area contributed by atoms with E-state index in [1.54, 1.807) is 0 Å². The molecule has 0 unspecified atom stereocenters. The van der Waals surface area contributed by atoms with Crippen LogP contribution in [0, 0.1) is 17.8 Å². The van der Waals surface area contributed by atoms with Crippen LogP contribution in [0.1, 0.15) is 46.0 Å². The Kier molecular flexibility index (Phi) is 4.05. The minimum atomic E-state index is -0.183. The summed E-state index contributed by atoms with van der Waals surface area (Å²) >= 11 is 0. The monoisotopic (exact) mass is 291 g/mol. The lowest BCUT2D eigenvalue weighted by Crippen LogP contribution is -2.49. The van der Waals surface area contributed by atoms with E-state index >= 15 is 0 Å². The third-order valence-corrected chi connectivity index (χ3v) is 5.40. The van der Waals surface area contributed by atoms with Crippen molar-refractivity contribution in [2.24, 2.45) is 17.8 Å². The maximum Gasteiger partial charge on any atom is 0.310 e. The predicted molar refractivity (Wildman–Crippen MR) is 79.4 cm³/mol. The van der Waals surface area contributed by atoms with Gasteiger partial charge in [0, 0.05) is 12.1 Å². The normalized spacial score (nSPS) is 37.8. The Morgan fingerprint density at radius 2 is 1.86 bits per heavy atom. The Bertz CT molecular complexity index is 449. The van der Waals surface area contributed by atoms with Gasteiger partial charge in [-0.25, -0.2) is 0 Å².